The molecule has 1 amide bonds. The average molecular weight is 577 g/mol. The van der Waals surface area contributed by atoms with Gasteiger partial charge >= 0.3 is 0 Å². The Morgan fingerprint density at radius 3 is 2.41 bits per heavy atom. The number of benzene rings is 2. The first-order valence-corrected chi connectivity index (χ1v) is 10.5. The van der Waals surface area contributed by atoms with E-state index in [9.17, 15) is 4.79 Å². The lowest BCUT2D eigenvalue weighted by Gasteiger charge is -2.28. The molecule has 144 valence electrons. The zero-order chi connectivity index (χ0) is 20.2. The van der Waals surface area contributed by atoms with E-state index in [1.54, 1.807) is 24.3 Å². The van der Waals surface area contributed by atoms with Gasteiger partial charge in [-0.25, -0.2) is 0 Å². The second kappa shape index (κ2) is 9.80. The van der Waals surface area contributed by atoms with Crippen LogP contribution in [0.3, 0.4) is 0 Å². The number of thiocarbonyl (C=S) groups is 1. The summed E-state index contributed by atoms with van der Waals surface area (Å²) in [6.45, 7) is 1.94. The number of nitrogens with one attached hydrogen (secondary N) is 3. The predicted molar refractivity (Wildman–Crippen MR) is 126 cm³/mol. The van der Waals surface area contributed by atoms with Gasteiger partial charge in [0.15, 0.2) is 5.11 Å². The molecule has 0 spiro atoms. The van der Waals surface area contributed by atoms with Crippen LogP contribution in [0.1, 0.15) is 15.9 Å². The van der Waals surface area contributed by atoms with E-state index in [1.165, 1.54) is 0 Å². The van der Waals surface area contributed by atoms with E-state index in [1.807, 2.05) is 25.1 Å². The van der Waals surface area contributed by atoms with Gasteiger partial charge in [0.1, 0.15) is 6.17 Å². The third-order valence-electron chi connectivity index (χ3n) is 3.43. The first kappa shape index (κ1) is 22.8. The maximum atomic E-state index is 12.5. The van der Waals surface area contributed by atoms with Gasteiger partial charge in [-0.05, 0) is 77.6 Å². The Labute approximate surface area is 196 Å². The van der Waals surface area contributed by atoms with E-state index in [4.69, 9.17) is 58.6 Å². The van der Waals surface area contributed by atoms with Crippen molar-refractivity contribution in [3.63, 3.8) is 0 Å². The Kier molecular flexibility index (Phi) is 8.27. The maximum Gasteiger partial charge on any atom is 0.254 e. The van der Waals surface area contributed by atoms with Crippen LogP contribution in [0.4, 0.5) is 5.69 Å². The molecule has 0 aromatic heterocycles. The van der Waals surface area contributed by atoms with Crippen molar-refractivity contribution in [3.8, 4) is 0 Å². The number of halogens is 5. The molecule has 0 aliphatic carbocycles. The van der Waals surface area contributed by atoms with Crippen LogP contribution >= 0.6 is 81.2 Å². The van der Waals surface area contributed by atoms with Crippen LogP contribution in [0.5, 0.6) is 0 Å². The molecule has 0 aliphatic rings. The topological polar surface area (TPSA) is 53.2 Å². The van der Waals surface area contributed by atoms with Gasteiger partial charge in [0, 0.05) is 9.26 Å². The molecule has 0 radical (unpaired) electrons. The fourth-order valence-electron chi connectivity index (χ4n) is 2.11. The Bertz CT molecular complexity index is 860. The van der Waals surface area contributed by atoms with Crippen LogP contribution in [0.2, 0.25) is 5.02 Å². The molecule has 1 atom stereocenters. The number of hydrogen-bond acceptors (Lipinski definition) is 2. The van der Waals surface area contributed by atoms with Crippen molar-refractivity contribution in [1.29, 1.82) is 0 Å². The van der Waals surface area contributed by atoms with Crippen LogP contribution in [0.15, 0.2) is 42.5 Å². The summed E-state index contributed by atoms with van der Waals surface area (Å²) in [7, 11) is 0. The minimum Gasteiger partial charge on any atom is -0.339 e. The van der Waals surface area contributed by atoms with Crippen molar-refractivity contribution in [1.82, 2.24) is 10.6 Å². The SMILES string of the molecule is Cc1cc(I)ccc1NC(=S)NC(NC(=O)c1ccccc1Cl)C(Cl)(Cl)Cl. The number of carbonyl (C=O) groups is 1. The Morgan fingerprint density at radius 1 is 1.15 bits per heavy atom. The van der Waals surface area contributed by atoms with Crippen LogP contribution < -0.4 is 16.0 Å². The lowest BCUT2D eigenvalue weighted by Crippen LogP contribution is -2.56. The van der Waals surface area contributed by atoms with Gasteiger partial charge in [0.05, 0.1) is 10.6 Å². The standard InChI is InChI=1S/C17H14Cl4IN3OS/c1-9-8-10(22)6-7-13(9)23-16(27)25-15(17(19,20)21)24-14(26)11-4-2-3-5-12(11)18/h2-8,15H,1H3,(H,24,26)(H2,23,25,27). The van der Waals surface area contributed by atoms with Gasteiger partial charge < -0.3 is 16.0 Å². The second-order valence-electron chi connectivity index (χ2n) is 5.49. The largest absolute Gasteiger partial charge is 0.339 e. The normalized spacial score (nSPS) is 12.2. The van der Waals surface area contributed by atoms with Crippen LogP contribution in [0, 0.1) is 10.5 Å². The summed E-state index contributed by atoms with van der Waals surface area (Å²) in [5.74, 6) is -0.502. The van der Waals surface area contributed by atoms with Gasteiger partial charge in [-0.2, -0.15) is 0 Å². The minimum absolute atomic E-state index is 0.190. The molecular weight excluding hydrogens is 563 g/mol. The fourth-order valence-corrected chi connectivity index (χ4v) is 3.53. The van der Waals surface area contributed by atoms with Crippen molar-refractivity contribution >= 4 is 97.9 Å². The number of anilines is 1. The molecule has 0 aliphatic heterocycles. The number of hydrogen-bond donors (Lipinski definition) is 3. The molecule has 1 unspecified atom stereocenters. The molecule has 0 saturated heterocycles. The number of alkyl halides is 3. The van der Waals surface area contributed by atoms with Gasteiger partial charge in [-0.3, -0.25) is 4.79 Å². The number of rotatable bonds is 4. The highest BCUT2D eigenvalue weighted by Gasteiger charge is 2.35. The lowest BCUT2D eigenvalue weighted by molar-refractivity contribution is 0.0934. The summed E-state index contributed by atoms with van der Waals surface area (Å²) < 4.78 is -0.760. The molecule has 10 heteroatoms. The number of aryl methyl sites for hydroxylation is 1. The molecule has 0 fully saturated rings. The van der Waals surface area contributed by atoms with Gasteiger partial charge in [-0.1, -0.05) is 58.5 Å². The molecule has 2 aromatic carbocycles. The highest BCUT2D eigenvalue weighted by atomic mass is 127. The van der Waals surface area contributed by atoms with Crippen molar-refractivity contribution < 1.29 is 4.79 Å². The fraction of sp³-hybridized carbons (Fsp3) is 0.176. The number of carbonyl (C=O) groups excluding carboxylic acids is 1. The predicted octanol–water partition coefficient (Wildman–Crippen LogP) is 5.67. The maximum absolute atomic E-state index is 12.5. The molecule has 2 aromatic rings. The van der Waals surface area contributed by atoms with Crippen molar-refractivity contribution in [2.24, 2.45) is 0 Å². The first-order valence-electron chi connectivity index (χ1n) is 7.53. The Balaban J connectivity index is 2.11. The smallest absolute Gasteiger partial charge is 0.254 e. The van der Waals surface area contributed by atoms with Gasteiger partial charge in [0.2, 0.25) is 3.79 Å². The second-order valence-corrected chi connectivity index (χ2v) is 9.92. The van der Waals surface area contributed by atoms with E-state index < -0.39 is 15.9 Å². The summed E-state index contributed by atoms with van der Waals surface area (Å²) >= 11 is 31.6. The van der Waals surface area contributed by atoms with Gasteiger partial charge in [-0.15, -0.1) is 0 Å². The molecule has 0 heterocycles. The van der Waals surface area contributed by atoms with Crippen molar-refractivity contribution in [2.45, 2.75) is 16.9 Å². The van der Waals surface area contributed by atoms with Crippen molar-refractivity contribution in [3.05, 3.63) is 62.2 Å². The first-order chi connectivity index (χ1) is 12.6. The third kappa shape index (κ3) is 6.80. The molecule has 3 N–H and O–H groups in total. The Hall–Kier alpha value is -0.510. The average Bonchev–Trinajstić information content (AvgIpc) is 2.56. The molecule has 4 nitrogen and oxygen atoms in total. The summed E-state index contributed by atoms with van der Waals surface area (Å²) in [4.78, 5) is 12.5. The quantitative estimate of drug-likeness (QED) is 0.190. The molecule has 27 heavy (non-hydrogen) atoms. The molecular formula is C17H14Cl4IN3OS. The Morgan fingerprint density at radius 2 is 1.81 bits per heavy atom. The van der Waals surface area contributed by atoms with Crippen LogP contribution in [-0.2, 0) is 0 Å². The van der Waals surface area contributed by atoms with E-state index in [2.05, 4.69) is 38.5 Å². The molecule has 0 bridgehead atoms. The van der Waals surface area contributed by atoms with E-state index >= 15 is 0 Å². The summed E-state index contributed by atoms with van der Waals surface area (Å²) in [6.07, 6.45) is -1.09. The summed E-state index contributed by atoms with van der Waals surface area (Å²) in [5, 5.41) is 8.91. The number of amides is 1. The zero-order valence-corrected chi connectivity index (χ0v) is 19.8. The highest BCUT2D eigenvalue weighted by Crippen LogP contribution is 2.30. The lowest BCUT2D eigenvalue weighted by atomic mass is 10.2. The van der Waals surface area contributed by atoms with E-state index in [0.29, 0.717) is 0 Å². The molecule has 0 saturated carbocycles. The van der Waals surface area contributed by atoms with Crippen LogP contribution in [0.25, 0.3) is 0 Å². The van der Waals surface area contributed by atoms with Crippen LogP contribution in [-0.4, -0.2) is 21.0 Å². The molecule has 2 rings (SSSR count). The van der Waals surface area contributed by atoms with Gasteiger partial charge in [0.25, 0.3) is 5.91 Å². The summed E-state index contributed by atoms with van der Waals surface area (Å²) in [6, 6.07) is 12.4. The minimum atomic E-state index is -1.86. The monoisotopic (exact) mass is 575 g/mol. The van der Waals surface area contributed by atoms with E-state index in [0.717, 1.165) is 14.8 Å². The summed E-state index contributed by atoms with van der Waals surface area (Å²) in [5.41, 5.74) is 2.05. The van der Waals surface area contributed by atoms with Crippen molar-refractivity contribution in [2.75, 3.05) is 5.32 Å². The van der Waals surface area contributed by atoms with E-state index in [-0.39, 0.29) is 15.7 Å². The third-order valence-corrected chi connectivity index (χ3v) is 5.31. The zero-order valence-electron chi connectivity index (χ0n) is 13.8. The highest BCUT2D eigenvalue weighted by molar-refractivity contribution is 14.1.